The van der Waals surface area contributed by atoms with Crippen LogP contribution in [0.1, 0.15) is 17.2 Å². The molecule has 0 N–H and O–H groups in total. The van der Waals surface area contributed by atoms with E-state index in [1.54, 1.807) is 24.3 Å². The van der Waals surface area contributed by atoms with Gasteiger partial charge in [-0.2, -0.15) is 13.2 Å². The van der Waals surface area contributed by atoms with Crippen LogP contribution in [0.3, 0.4) is 0 Å². The predicted molar refractivity (Wildman–Crippen MR) is 89.0 cm³/mol. The van der Waals surface area contributed by atoms with Gasteiger partial charge in [-0.05, 0) is 19.5 Å². The number of rotatable bonds is 4. The van der Waals surface area contributed by atoms with E-state index in [0.717, 1.165) is 17.7 Å². The topological polar surface area (TPSA) is 15.7 Å². The largest absolute Gasteiger partial charge is 0.408 e. The Labute approximate surface area is 140 Å². The molecule has 1 heterocycles. The third-order valence-electron chi connectivity index (χ3n) is 3.28. The molecular formula is C16H23F3N2OS. The summed E-state index contributed by atoms with van der Waals surface area (Å²) in [7, 11) is 1.48. The number of ether oxygens (including phenoxy) is 1. The van der Waals surface area contributed by atoms with Crippen molar-refractivity contribution in [2.75, 3.05) is 33.4 Å². The average molecular weight is 348 g/mol. The molecule has 1 aromatic carbocycles. The molecule has 1 unspecified atom stereocenters. The normalized spacial score (nSPS) is 17.5. The van der Waals surface area contributed by atoms with E-state index in [1.807, 2.05) is 11.2 Å². The molecule has 1 atom stereocenters. The van der Waals surface area contributed by atoms with Gasteiger partial charge in [0, 0.05) is 25.2 Å². The number of hydrogen-bond acceptors (Lipinski definition) is 4. The van der Waals surface area contributed by atoms with E-state index in [4.69, 9.17) is 4.74 Å². The van der Waals surface area contributed by atoms with Crippen LogP contribution in [0.5, 0.6) is 0 Å². The smallest absolute Gasteiger partial charge is 0.379 e. The Kier molecular flexibility index (Phi) is 8.11. The van der Waals surface area contributed by atoms with E-state index in [9.17, 15) is 13.2 Å². The molecule has 0 amide bonds. The minimum absolute atomic E-state index is 0.261. The molecule has 23 heavy (non-hydrogen) atoms. The van der Waals surface area contributed by atoms with Crippen LogP contribution in [0.4, 0.5) is 13.2 Å². The van der Waals surface area contributed by atoms with Crippen molar-refractivity contribution in [3.63, 3.8) is 0 Å². The molecule has 0 spiro atoms. The number of nitrogens with zero attached hydrogens (tertiary/aromatic N) is 2. The molecule has 7 heteroatoms. The Hall–Kier alpha value is -1.02. The zero-order chi connectivity index (χ0) is 17.5. The van der Waals surface area contributed by atoms with Gasteiger partial charge in [0.05, 0.1) is 13.2 Å². The zero-order valence-corrected chi connectivity index (χ0v) is 14.3. The van der Waals surface area contributed by atoms with E-state index in [1.165, 1.54) is 11.4 Å². The number of alkyl halides is 3. The van der Waals surface area contributed by atoms with Crippen LogP contribution in [-0.4, -0.2) is 48.1 Å². The fourth-order valence-corrected chi connectivity index (χ4v) is 3.22. The lowest BCUT2D eigenvalue weighted by atomic mass is 10.1. The molecule has 130 valence electrons. The second-order valence-electron chi connectivity index (χ2n) is 5.02. The summed E-state index contributed by atoms with van der Waals surface area (Å²) >= 11 is 1.12. The third-order valence-corrected chi connectivity index (χ3v) is 4.35. The van der Waals surface area contributed by atoms with Crippen molar-refractivity contribution in [2.24, 2.45) is 0 Å². The molecular weight excluding hydrogens is 325 g/mol. The quantitative estimate of drug-likeness (QED) is 0.597. The van der Waals surface area contributed by atoms with Gasteiger partial charge in [-0.3, -0.25) is 0 Å². The molecule has 0 saturated carbocycles. The van der Waals surface area contributed by atoms with Gasteiger partial charge in [-0.15, -0.1) is 13.2 Å². The Morgan fingerprint density at radius 2 is 1.70 bits per heavy atom. The summed E-state index contributed by atoms with van der Waals surface area (Å²) in [6.45, 7) is 10.2. The molecule has 1 aromatic rings. The SMILES string of the molecule is C=C.Cc1ccc(C(N(C)SN2CCOCC2)C(F)(F)F)cc1. The van der Waals surface area contributed by atoms with Crippen molar-refractivity contribution in [3.05, 3.63) is 48.6 Å². The molecule has 0 aliphatic carbocycles. The molecule has 0 radical (unpaired) electrons. The highest BCUT2D eigenvalue weighted by Gasteiger charge is 2.44. The maximum absolute atomic E-state index is 13.4. The van der Waals surface area contributed by atoms with Crippen LogP contribution < -0.4 is 0 Å². The van der Waals surface area contributed by atoms with Gasteiger partial charge in [-0.25, -0.2) is 8.61 Å². The van der Waals surface area contributed by atoms with Crippen molar-refractivity contribution < 1.29 is 17.9 Å². The Morgan fingerprint density at radius 3 is 2.17 bits per heavy atom. The lowest BCUT2D eigenvalue weighted by molar-refractivity contribution is -0.170. The number of halogens is 3. The predicted octanol–water partition coefficient (Wildman–Crippen LogP) is 4.23. The van der Waals surface area contributed by atoms with Gasteiger partial charge >= 0.3 is 6.18 Å². The fraction of sp³-hybridized carbons (Fsp3) is 0.500. The average Bonchev–Trinajstić information content (AvgIpc) is 2.51. The summed E-state index contributed by atoms with van der Waals surface area (Å²) in [5.74, 6) is 0. The molecule has 1 fully saturated rings. The highest BCUT2D eigenvalue weighted by Crippen LogP contribution is 2.40. The summed E-state index contributed by atoms with van der Waals surface area (Å²) in [4.78, 5) is 0. The van der Waals surface area contributed by atoms with Crippen LogP contribution in [0.25, 0.3) is 0 Å². The molecule has 1 saturated heterocycles. The highest BCUT2D eigenvalue weighted by molar-refractivity contribution is 7.94. The van der Waals surface area contributed by atoms with Crippen LogP contribution in [-0.2, 0) is 4.74 Å². The van der Waals surface area contributed by atoms with Crippen molar-refractivity contribution in [3.8, 4) is 0 Å². The second-order valence-corrected chi connectivity index (χ2v) is 6.28. The summed E-state index contributed by atoms with van der Waals surface area (Å²) in [5.41, 5.74) is 1.21. The molecule has 3 nitrogen and oxygen atoms in total. The maximum atomic E-state index is 13.4. The number of hydrogen-bond donors (Lipinski definition) is 0. The van der Waals surface area contributed by atoms with Crippen LogP contribution in [0.2, 0.25) is 0 Å². The number of benzene rings is 1. The van der Waals surface area contributed by atoms with Gasteiger partial charge in [0.1, 0.15) is 6.04 Å². The number of morpholine rings is 1. The lowest BCUT2D eigenvalue weighted by Gasteiger charge is -2.34. The van der Waals surface area contributed by atoms with Crippen LogP contribution in [0, 0.1) is 6.92 Å². The minimum Gasteiger partial charge on any atom is -0.379 e. The van der Waals surface area contributed by atoms with E-state index in [-0.39, 0.29) is 5.56 Å². The Bertz CT molecular complexity index is 461. The Morgan fingerprint density at radius 1 is 1.17 bits per heavy atom. The van der Waals surface area contributed by atoms with E-state index in [2.05, 4.69) is 13.2 Å². The standard InChI is InChI=1S/C14H19F3N2OS.C2H4/c1-11-3-5-12(6-4-11)13(14(15,16)17)18(2)21-19-7-9-20-10-8-19;1-2/h3-6,13H,7-10H2,1-2H3;1-2H2. The van der Waals surface area contributed by atoms with E-state index in [0.29, 0.717) is 26.3 Å². The van der Waals surface area contributed by atoms with Crippen LogP contribution >= 0.6 is 12.1 Å². The first-order valence-electron chi connectivity index (χ1n) is 7.25. The van der Waals surface area contributed by atoms with Gasteiger partial charge in [0.2, 0.25) is 0 Å². The first-order valence-corrected chi connectivity index (χ1v) is 7.98. The monoisotopic (exact) mass is 348 g/mol. The summed E-state index contributed by atoms with van der Waals surface area (Å²) < 4.78 is 48.6. The van der Waals surface area contributed by atoms with Crippen molar-refractivity contribution in [1.82, 2.24) is 8.61 Å². The number of aryl methyl sites for hydroxylation is 1. The third kappa shape index (κ3) is 6.18. The van der Waals surface area contributed by atoms with Gasteiger partial charge in [-0.1, -0.05) is 29.8 Å². The molecule has 0 bridgehead atoms. The van der Waals surface area contributed by atoms with Crippen LogP contribution in [0.15, 0.2) is 37.4 Å². The van der Waals surface area contributed by atoms with Crippen molar-refractivity contribution >= 4 is 12.1 Å². The van der Waals surface area contributed by atoms with Gasteiger partial charge in [0.15, 0.2) is 0 Å². The molecule has 1 aliphatic heterocycles. The highest BCUT2D eigenvalue weighted by atomic mass is 32.2. The van der Waals surface area contributed by atoms with Crippen molar-refractivity contribution in [1.29, 1.82) is 0 Å². The zero-order valence-electron chi connectivity index (χ0n) is 13.5. The van der Waals surface area contributed by atoms with E-state index >= 15 is 0 Å². The molecule has 0 aromatic heterocycles. The first kappa shape index (κ1) is 20.0. The lowest BCUT2D eigenvalue weighted by Crippen LogP contribution is -2.38. The van der Waals surface area contributed by atoms with Crippen molar-refractivity contribution in [2.45, 2.75) is 19.1 Å². The summed E-state index contributed by atoms with van der Waals surface area (Å²) in [6, 6.07) is 4.89. The second kappa shape index (κ2) is 9.32. The fourth-order valence-electron chi connectivity index (χ4n) is 2.21. The molecule has 2 rings (SSSR count). The Balaban J connectivity index is 0.00000127. The minimum atomic E-state index is -4.32. The van der Waals surface area contributed by atoms with E-state index < -0.39 is 12.2 Å². The maximum Gasteiger partial charge on any atom is 0.408 e. The summed E-state index contributed by atoms with van der Waals surface area (Å²) in [6.07, 6.45) is -4.32. The van der Waals surface area contributed by atoms with Gasteiger partial charge in [0.25, 0.3) is 0 Å². The summed E-state index contributed by atoms with van der Waals surface area (Å²) in [5, 5.41) is 0. The molecule has 1 aliphatic rings. The first-order chi connectivity index (χ1) is 10.9. The van der Waals surface area contributed by atoms with Gasteiger partial charge < -0.3 is 4.74 Å².